The molecule has 4 rings (SSSR count). The fraction of sp³-hybridized carbons (Fsp3) is 0.167. The lowest BCUT2D eigenvalue weighted by Gasteiger charge is -2.08. The van der Waals surface area contributed by atoms with E-state index in [1.807, 2.05) is 12.1 Å². The van der Waals surface area contributed by atoms with Gasteiger partial charge in [-0.05, 0) is 35.9 Å². The minimum atomic E-state index is -0.520. The van der Waals surface area contributed by atoms with Crippen LogP contribution in [0.2, 0.25) is 0 Å². The molecule has 0 spiro atoms. The number of carbonyl (C=O) groups is 1. The zero-order valence-electron chi connectivity index (χ0n) is 13.9. The standard InChI is InChI=1S/C18H15N3O5/c1-21-13-4-3-11(7-12(13)17(23)20-18(21)24)16(22)19-8-10-2-5-14-15(6-10)26-9-25-14/h2-7H,8-9H2,1H3,(H,19,22)(H,20,23,24). The molecule has 0 atom stereocenters. The van der Waals surface area contributed by atoms with E-state index in [-0.39, 0.29) is 18.1 Å². The van der Waals surface area contributed by atoms with E-state index >= 15 is 0 Å². The van der Waals surface area contributed by atoms with Gasteiger partial charge in [-0.1, -0.05) is 6.07 Å². The molecule has 1 aliphatic heterocycles. The number of aromatic nitrogens is 2. The van der Waals surface area contributed by atoms with Crippen molar-refractivity contribution in [1.29, 1.82) is 0 Å². The molecule has 1 aromatic heterocycles. The molecule has 0 unspecified atom stereocenters. The van der Waals surface area contributed by atoms with Crippen LogP contribution < -0.4 is 26.0 Å². The third-order valence-electron chi connectivity index (χ3n) is 4.28. The maximum absolute atomic E-state index is 12.4. The fourth-order valence-corrected chi connectivity index (χ4v) is 2.84. The average Bonchev–Trinajstić information content (AvgIpc) is 3.11. The van der Waals surface area contributed by atoms with Crippen LogP contribution in [-0.2, 0) is 13.6 Å². The van der Waals surface area contributed by atoms with Crippen molar-refractivity contribution in [1.82, 2.24) is 14.9 Å². The molecule has 2 aromatic carbocycles. The molecule has 0 saturated carbocycles. The highest BCUT2D eigenvalue weighted by atomic mass is 16.7. The summed E-state index contributed by atoms with van der Waals surface area (Å²) in [5, 5.41) is 3.08. The predicted octanol–water partition coefficient (Wildman–Crippen LogP) is 0.885. The van der Waals surface area contributed by atoms with Gasteiger partial charge < -0.3 is 14.8 Å². The van der Waals surface area contributed by atoms with Crippen molar-refractivity contribution in [2.45, 2.75) is 6.54 Å². The molecular weight excluding hydrogens is 338 g/mol. The number of benzene rings is 2. The molecule has 2 N–H and O–H groups in total. The van der Waals surface area contributed by atoms with Crippen LogP contribution in [-0.4, -0.2) is 22.3 Å². The van der Waals surface area contributed by atoms with Gasteiger partial charge in [0.05, 0.1) is 10.9 Å². The van der Waals surface area contributed by atoms with E-state index in [1.54, 1.807) is 25.2 Å². The topological polar surface area (TPSA) is 102 Å². The van der Waals surface area contributed by atoms with Gasteiger partial charge in [-0.15, -0.1) is 0 Å². The number of aromatic amines is 1. The Bertz CT molecular complexity index is 1150. The minimum absolute atomic E-state index is 0.194. The highest BCUT2D eigenvalue weighted by Crippen LogP contribution is 2.32. The van der Waals surface area contributed by atoms with Crippen molar-refractivity contribution in [2.75, 3.05) is 6.79 Å². The first-order chi connectivity index (χ1) is 12.5. The molecule has 3 aromatic rings. The number of amides is 1. The summed E-state index contributed by atoms with van der Waals surface area (Å²) < 4.78 is 11.9. The van der Waals surface area contributed by atoms with E-state index in [4.69, 9.17) is 9.47 Å². The van der Waals surface area contributed by atoms with Crippen LogP contribution >= 0.6 is 0 Å². The Kier molecular flexibility index (Phi) is 3.72. The van der Waals surface area contributed by atoms with Gasteiger partial charge in [0, 0.05) is 19.2 Å². The van der Waals surface area contributed by atoms with Crippen LogP contribution in [0.15, 0.2) is 46.0 Å². The van der Waals surface area contributed by atoms with Crippen molar-refractivity contribution < 1.29 is 14.3 Å². The van der Waals surface area contributed by atoms with Gasteiger partial charge in [0.1, 0.15) is 0 Å². The molecule has 2 heterocycles. The third-order valence-corrected chi connectivity index (χ3v) is 4.28. The van der Waals surface area contributed by atoms with Crippen molar-refractivity contribution in [2.24, 2.45) is 7.05 Å². The summed E-state index contributed by atoms with van der Waals surface area (Å²) >= 11 is 0. The number of rotatable bonds is 3. The van der Waals surface area contributed by atoms with Gasteiger partial charge in [0.2, 0.25) is 6.79 Å². The second-order valence-corrected chi connectivity index (χ2v) is 5.92. The van der Waals surface area contributed by atoms with Crippen LogP contribution in [0.4, 0.5) is 0 Å². The summed E-state index contributed by atoms with van der Waals surface area (Å²) in [5.41, 5.74) is 0.646. The highest BCUT2D eigenvalue weighted by Gasteiger charge is 2.14. The van der Waals surface area contributed by atoms with Crippen molar-refractivity contribution >= 4 is 16.8 Å². The number of aryl methyl sites for hydroxylation is 1. The van der Waals surface area contributed by atoms with E-state index in [9.17, 15) is 14.4 Å². The number of nitrogens with one attached hydrogen (secondary N) is 2. The van der Waals surface area contributed by atoms with E-state index in [0.29, 0.717) is 29.1 Å². The van der Waals surface area contributed by atoms with Crippen molar-refractivity contribution in [3.63, 3.8) is 0 Å². The van der Waals surface area contributed by atoms with Gasteiger partial charge in [0.25, 0.3) is 11.5 Å². The highest BCUT2D eigenvalue weighted by molar-refractivity contribution is 5.97. The molecule has 0 fully saturated rings. The largest absolute Gasteiger partial charge is 0.454 e. The number of carbonyl (C=O) groups excluding carboxylic acids is 1. The van der Waals surface area contributed by atoms with Crippen molar-refractivity contribution in [3.8, 4) is 11.5 Å². The lowest BCUT2D eigenvalue weighted by atomic mass is 10.1. The maximum Gasteiger partial charge on any atom is 0.328 e. The third kappa shape index (κ3) is 2.71. The maximum atomic E-state index is 12.4. The van der Waals surface area contributed by atoms with E-state index in [0.717, 1.165) is 5.56 Å². The van der Waals surface area contributed by atoms with E-state index < -0.39 is 11.2 Å². The summed E-state index contributed by atoms with van der Waals surface area (Å²) in [6.45, 7) is 0.496. The monoisotopic (exact) mass is 353 g/mol. The summed E-state index contributed by atoms with van der Waals surface area (Å²) in [4.78, 5) is 38.2. The smallest absolute Gasteiger partial charge is 0.328 e. The SMILES string of the molecule is Cn1c(=O)[nH]c(=O)c2cc(C(=O)NCc3ccc4c(c3)OCO4)ccc21. The van der Waals surface area contributed by atoms with Crippen LogP contribution in [0.25, 0.3) is 10.9 Å². The Labute approximate surface area is 147 Å². The first kappa shape index (κ1) is 15.9. The molecule has 0 aliphatic carbocycles. The number of hydrogen-bond acceptors (Lipinski definition) is 5. The molecule has 1 amide bonds. The lowest BCUT2D eigenvalue weighted by molar-refractivity contribution is 0.0951. The average molecular weight is 353 g/mol. The van der Waals surface area contributed by atoms with Crippen LogP contribution in [0.1, 0.15) is 15.9 Å². The fourth-order valence-electron chi connectivity index (χ4n) is 2.84. The van der Waals surface area contributed by atoms with Crippen LogP contribution in [0.5, 0.6) is 11.5 Å². The van der Waals surface area contributed by atoms with Gasteiger partial charge in [-0.25, -0.2) is 4.79 Å². The second-order valence-electron chi connectivity index (χ2n) is 5.92. The molecule has 8 nitrogen and oxygen atoms in total. The second kappa shape index (κ2) is 6.07. The normalized spacial score (nSPS) is 12.3. The summed E-state index contributed by atoms with van der Waals surface area (Å²) in [7, 11) is 1.56. The zero-order chi connectivity index (χ0) is 18.3. The van der Waals surface area contributed by atoms with Gasteiger partial charge in [-0.2, -0.15) is 0 Å². The number of fused-ring (bicyclic) bond motifs is 2. The van der Waals surface area contributed by atoms with Gasteiger partial charge in [0.15, 0.2) is 11.5 Å². The first-order valence-electron chi connectivity index (χ1n) is 7.93. The number of H-pyrrole nitrogens is 1. The van der Waals surface area contributed by atoms with E-state index in [1.165, 1.54) is 10.6 Å². The molecule has 8 heteroatoms. The molecular formula is C18H15N3O5. The van der Waals surface area contributed by atoms with Crippen LogP contribution in [0.3, 0.4) is 0 Å². The quantitative estimate of drug-likeness (QED) is 0.728. The number of ether oxygens (including phenoxy) is 2. The molecule has 0 radical (unpaired) electrons. The summed E-state index contributed by atoms with van der Waals surface area (Å²) in [6, 6.07) is 10.1. The van der Waals surface area contributed by atoms with Gasteiger partial charge >= 0.3 is 5.69 Å². The first-order valence-corrected chi connectivity index (χ1v) is 7.93. The number of nitrogens with zero attached hydrogens (tertiary/aromatic N) is 1. The molecule has 0 saturated heterocycles. The van der Waals surface area contributed by atoms with Gasteiger partial charge in [-0.3, -0.25) is 19.1 Å². The summed E-state index contributed by atoms with van der Waals surface area (Å²) in [6.07, 6.45) is 0. The molecule has 0 bridgehead atoms. The predicted molar refractivity (Wildman–Crippen MR) is 93.5 cm³/mol. The zero-order valence-corrected chi connectivity index (χ0v) is 13.9. The van der Waals surface area contributed by atoms with Crippen LogP contribution in [0, 0.1) is 0 Å². The van der Waals surface area contributed by atoms with E-state index in [2.05, 4.69) is 10.3 Å². The Morgan fingerprint density at radius 2 is 1.96 bits per heavy atom. The Hall–Kier alpha value is -3.55. The lowest BCUT2D eigenvalue weighted by Crippen LogP contribution is -2.29. The molecule has 1 aliphatic rings. The molecule has 132 valence electrons. The number of hydrogen-bond donors (Lipinski definition) is 2. The Morgan fingerprint density at radius 1 is 1.15 bits per heavy atom. The summed E-state index contributed by atoms with van der Waals surface area (Å²) in [5.74, 6) is 1.01. The minimum Gasteiger partial charge on any atom is -0.454 e. The Balaban J connectivity index is 1.56. The Morgan fingerprint density at radius 3 is 2.81 bits per heavy atom. The molecule has 26 heavy (non-hydrogen) atoms. The van der Waals surface area contributed by atoms with Crippen molar-refractivity contribution in [3.05, 3.63) is 68.4 Å².